The maximum absolute atomic E-state index is 12.9. The Morgan fingerprint density at radius 2 is 1.52 bits per heavy atom. The molecular weight excluding hydrogens is 378 g/mol. The molecule has 4 atom stereocenters. The van der Waals surface area contributed by atoms with Crippen molar-refractivity contribution in [3.63, 3.8) is 0 Å². The van der Waals surface area contributed by atoms with E-state index in [1.54, 1.807) is 6.92 Å². The van der Waals surface area contributed by atoms with Gasteiger partial charge < -0.3 is 15.8 Å². The van der Waals surface area contributed by atoms with Crippen molar-refractivity contribution >= 4 is 5.91 Å². The first-order chi connectivity index (χ1) is 12.2. The number of hydrogen-bond donors (Lipinski definition) is 2. The molecule has 0 aromatic carbocycles. The summed E-state index contributed by atoms with van der Waals surface area (Å²) in [5.41, 5.74) is 5.73. The summed E-state index contributed by atoms with van der Waals surface area (Å²) in [6.45, 7) is 5.18. The molecule has 0 bridgehead atoms. The van der Waals surface area contributed by atoms with Crippen molar-refractivity contribution in [1.29, 1.82) is 0 Å². The highest BCUT2D eigenvalue weighted by atomic mass is 19.4. The zero-order chi connectivity index (χ0) is 21.0. The largest absolute Gasteiger partial charge is 0.391 e. The molecule has 3 unspecified atom stereocenters. The van der Waals surface area contributed by atoms with E-state index >= 15 is 0 Å². The maximum Gasteiger partial charge on any atom is 0.391 e. The number of carbonyl (C=O) groups excluding carboxylic acids is 1. The zero-order valence-electron chi connectivity index (χ0n) is 15.7. The quantitative estimate of drug-likeness (QED) is 0.633. The number of ether oxygens (including phenoxy) is 1. The van der Waals surface area contributed by atoms with Crippen LogP contribution in [-0.2, 0) is 9.53 Å². The highest BCUT2D eigenvalue weighted by Gasteiger charge is 2.52. The summed E-state index contributed by atoms with van der Waals surface area (Å²) in [4.78, 5) is 11.9. The van der Waals surface area contributed by atoms with Gasteiger partial charge in [-0.25, -0.2) is 0 Å². The van der Waals surface area contributed by atoms with Gasteiger partial charge in [-0.1, -0.05) is 13.8 Å². The average Bonchev–Trinajstić information content (AvgIpc) is 2.50. The van der Waals surface area contributed by atoms with Crippen LogP contribution in [0.25, 0.3) is 0 Å². The predicted molar refractivity (Wildman–Crippen MR) is 87.7 cm³/mol. The Balaban J connectivity index is 2.59. The SMILES string of the molecule is CC(C)CC(N)C(=O)N[C@@H](C)COC1CC(C(F)(F)F)CC(C(F)(F)F)C1. The molecule has 0 aromatic heterocycles. The third-order valence-electron chi connectivity index (χ3n) is 4.62. The van der Waals surface area contributed by atoms with Gasteiger partial charge in [0.05, 0.1) is 30.6 Å². The number of amides is 1. The molecule has 1 fully saturated rings. The Bertz CT molecular complexity index is 459. The molecule has 1 aliphatic rings. The third kappa shape index (κ3) is 8.25. The molecule has 3 N–H and O–H groups in total. The fraction of sp³-hybridized carbons (Fsp3) is 0.941. The molecule has 0 aromatic rings. The second-order valence-corrected chi connectivity index (χ2v) is 7.79. The molecule has 1 saturated carbocycles. The summed E-state index contributed by atoms with van der Waals surface area (Å²) in [6, 6.07) is -1.31. The van der Waals surface area contributed by atoms with Gasteiger partial charge in [-0.15, -0.1) is 0 Å². The summed E-state index contributed by atoms with van der Waals surface area (Å²) in [5.74, 6) is -4.32. The summed E-state index contributed by atoms with van der Waals surface area (Å²) >= 11 is 0. The maximum atomic E-state index is 12.9. The Hall–Kier alpha value is -1.03. The van der Waals surface area contributed by atoms with Gasteiger partial charge in [-0.05, 0) is 38.5 Å². The van der Waals surface area contributed by atoms with Crippen LogP contribution in [0, 0.1) is 17.8 Å². The molecule has 0 heterocycles. The normalized spacial score (nSPS) is 26.7. The number of rotatable bonds is 7. The molecule has 4 nitrogen and oxygen atoms in total. The fourth-order valence-corrected chi connectivity index (χ4v) is 3.22. The van der Waals surface area contributed by atoms with Crippen LogP contribution in [0.4, 0.5) is 26.3 Å². The second-order valence-electron chi connectivity index (χ2n) is 7.79. The Kier molecular flexibility index (Phi) is 8.40. The van der Waals surface area contributed by atoms with E-state index in [9.17, 15) is 31.1 Å². The number of carbonyl (C=O) groups is 1. The van der Waals surface area contributed by atoms with Crippen LogP contribution >= 0.6 is 0 Å². The number of nitrogens with one attached hydrogen (secondary N) is 1. The fourth-order valence-electron chi connectivity index (χ4n) is 3.22. The van der Waals surface area contributed by atoms with Gasteiger partial charge in [0.1, 0.15) is 0 Å². The minimum atomic E-state index is -4.70. The lowest BCUT2D eigenvalue weighted by atomic mass is 9.79. The highest BCUT2D eigenvalue weighted by molar-refractivity contribution is 5.81. The molecule has 0 saturated heterocycles. The molecule has 0 spiro atoms. The number of nitrogens with two attached hydrogens (primary N) is 1. The van der Waals surface area contributed by atoms with Crippen molar-refractivity contribution < 1.29 is 35.9 Å². The van der Waals surface area contributed by atoms with Crippen molar-refractivity contribution in [1.82, 2.24) is 5.32 Å². The van der Waals surface area contributed by atoms with Crippen molar-refractivity contribution in [3.8, 4) is 0 Å². The van der Waals surface area contributed by atoms with Gasteiger partial charge >= 0.3 is 12.4 Å². The van der Waals surface area contributed by atoms with Crippen LogP contribution in [0.1, 0.15) is 46.5 Å². The molecular formula is C17H28F6N2O2. The molecule has 1 amide bonds. The number of halogens is 6. The van der Waals surface area contributed by atoms with E-state index < -0.39 is 67.5 Å². The van der Waals surface area contributed by atoms with Crippen molar-refractivity contribution in [3.05, 3.63) is 0 Å². The molecule has 160 valence electrons. The van der Waals surface area contributed by atoms with E-state index in [-0.39, 0.29) is 12.5 Å². The summed E-state index contributed by atoms with van der Waals surface area (Å²) in [7, 11) is 0. The average molecular weight is 406 g/mol. The lowest BCUT2D eigenvalue weighted by Gasteiger charge is -2.37. The van der Waals surface area contributed by atoms with E-state index in [0.717, 1.165) is 0 Å². The van der Waals surface area contributed by atoms with E-state index in [1.807, 2.05) is 13.8 Å². The topological polar surface area (TPSA) is 64.4 Å². The first-order valence-corrected chi connectivity index (χ1v) is 9.01. The summed E-state index contributed by atoms with van der Waals surface area (Å²) in [6.07, 6.45) is -12.1. The number of hydrogen-bond acceptors (Lipinski definition) is 3. The van der Waals surface area contributed by atoms with E-state index in [1.165, 1.54) is 0 Å². The smallest absolute Gasteiger partial charge is 0.376 e. The molecule has 0 aliphatic heterocycles. The van der Waals surface area contributed by atoms with Crippen LogP contribution in [0.3, 0.4) is 0 Å². The van der Waals surface area contributed by atoms with Crippen LogP contribution < -0.4 is 11.1 Å². The zero-order valence-corrected chi connectivity index (χ0v) is 15.7. The van der Waals surface area contributed by atoms with E-state index in [0.29, 0.717) is 6.42 Å². The predicted octanol–water partition coefficient (Wildman–Crippen LogP) is 3.79. The molecule has 10 heteroatoms. The molecule has 27 heavy (non-hydrogen) atoms. The lowest BCUT2D eigenvalue weighted by Crippen LogP contribution is -2.47. The third-order valence-corrected chi connectivity index (χ3v) is 4.62. The molecule has 1 rings (SSSR count). The van der Waals surface area contributed by atoms with Crippen molar-refractivity contribution in [2.45, 2.75) is 77.0 Å². The van der Waals surface area contributed by atoms with Crippen molar-refractivity contribution in [2.75, 3.05) is 6.61 Å². The minimum Gasteiger partial charge on any atom is -0.376 e. The minimum absolute atomic E-state index is 0.181. The van der Waals surface area contributed by atoms with Crippen molar-refractivity contribution in [2.24, 2.45) is 23.5 Å². The van der Waals surface area contributed by atoms with Gasteiger partial charge in [0.25, 0.3) is 0 Å². The van der Waals surface area contributed by atoms with Crippen LogP contribution in [0.5, 0.6) is 0 Å². The van der Waals surface area contributed by atoms with Gasteiger partial charge in [0.15, 0.2) is 0 Å². The van der Waals surface area contributed by atoms with Gasteiger partial charge in [-0.3, -0.25) is 4.79 Å². The Labute approximate surface area is 155 Å². The second kappa shape index (κ2) is 9.45. The van der Waals surface area contributed by atoms with Gasteiger partial charge in [-0.2, -0.15) is 26.3 Å². The monoisotopic (exact) mass is 406 g/mol. The molecule has 0 radical (unpaired) electrons. The van der Waals surface area contributed by atoms with Crippen LogP contribution in [0.2, 0.25) is 0 Å². The van der Waals surface area contributed by atoms with Crippen LogP contribution in [0.15, 0.2) is 0 Å². The number of alkyl halides is 6. The molecule has 1 aliphatic carbocycles. The van der Waals surface area contributed by atoms with E-state index in [2.05, 4.69) is 5.32 Å². The van der Waals surface area contributed by atoms with E-state index in [4.69, 9.17) is 10.5 Å². The van der Waals surface area contributed by atoms with Crippen LogP contribution in [-0.4, -0.2) is 43.1 Å². The highest BCUT2D eigenvalue weighted by Crippen LogP contribution is 2.46. The van der Waals surface area contributed by atoms with Gasteiger partial charge in [0, 0.05) is 6.04 Å². The standard InChI is InChI=1S/C17H28F6N2O2/c1-9(2)4-14(24)15(26)25-10(3)8-27-13-6-11(16(18,19)20)5-12(7-13)17(21,22)23/h9-14H,4-8,24H2,1-3H3,(H,25,26)/t10-,11?,12?,13?,14?/m0/s1. The lowest BCUT2D eigenvalue weighted by molar-refractivity contribution is -0.237. The Morgan fingerprint density at radius 3 is 1.93 bits per heavy atom. The summed E-state index contributed by atoms with van der Waals surface area (Å²) in [5, 5.41) is 2.57. The first-order valence-electron chi connectivity index (χ1n) is 9.01. The summed E-state index contributed by atoms with van der Waals surface area (Å²) < 4.78 is 83.0. The Morgan fingerprint density at radius 1 is 1.04 bits per heavy atom. The first kappa shape index (κ1) is 24.0. The van der Waals surface area contributed by atoms with Gasteiger partial charge in [0.2, 0.25) is 5.91 Å².